The zero-order valence-corrected chi connectivity index (χ0v) is 17.4. The van der Waals surface area contributed by atoms with E-state index in [1.165, 1.54) is 11.3 Å². The molecule has 2 N–H and O–H groups in total. The van der Waals surface area contributed by atoms with Crippen molar-refractivity contribution in [3.8, 4) is 5.75 Å². The number of pyridine rings is 1. The van der Waals surface area contributed by atoms with Crippen LogP contribution in [0.4, 0.5) is 11.4 Å². The molecule has 4 rings (SSSR count). The molecule has 1 saturated carbocycles. The molecule has 0 unspecified atom stereocenters. The Morgan fingerprint density at radius 2 is 2.30 bits per heavy atom. The van der Waals surface area contributed by atoms with Crippen molar-refractivity contribution in [2.45, 2.75) is 31.5 Å². The van der Waals surface area contributed by atoms with Crippen molar-refractivity contribution in [3.63, 3.8) is 0 Å². The van der Waals surface area contributed by atoms with Gasteiger partial charge in [0.05, 0.1) is 33.4 Å². The number of hydrogen-bond donors (Lipinski definition) is 2. The molecule has 0 aliphatic heterocycles. The first-order valence-electron chi connectivity index (χ1n) is 9.64. The van der Waals surface area contributed by atoms with E-state index in [2.05, 4.69) is 27.0 Å². The van der Waals surface area contributed by atoms with Crippen LogP contribution in [0, 0.1) is 0 Å². The van der Waals surface area contributed by atoms with E-state index in [0.29, 0.717) is 35.5 Å². The van der Waals surface area contributed by atoms with E-state index in [0.717, 1.165) is 22.2 Å². The molecule has 0 saturated heterocycles. The van der Waals surface area contributed by atoms with Crippen molar-refractivity contribution in [1.29, 1.82) is 0 Å². The lowest BCUT2D eigenvalue weighted by molar-refractivity contribution is 0.102. The number of amides is 1. The zero-order chi connectivity index (χ0) is 21.1. The average molecular weight is 423 g/mol. The predicted molar refractivity (Wildman–Crippen MR) is 121 cm³/mol. The van der Waals surface area contributed by atoms with Gasteiger partial charge >= 0.3 is 0 Å². The quantitative estimate of drug-likeness (QED) is 0.581. The number of ether oxygens (including phenoxy) is 1. The summed E-state index contributed by atoms with van der Waals surface area (Å²) in [5.41, 5.74) is 2.26. The van der Waals surface area contributed by atoms with Gasteiger partial charge in [-0.3, -0.25) is 19.8 Å². The molecule has 0 bridgehead atoms. The number of carbonyl (C=O) groups is 1. The number of rotatable bonds is 6. The molecule has 1 fully saturated rings. The molecule has 1 amide bonds. The molecular formula is C22H22N4O3S. The summed E-state index contributed by atoms with van der Waals surface area (Å²) in [6.07, 6.45) is 4.98. The maximum Gasteiger partial charge on any atom is 0.258 e. The van der Waals surface area contributed by atoms with Crippen LogP contribution in [0.25, 0.3) is 10.9 Å². The van der Waals surface area contributed by atoms with E-state index in [9.17, 15) is 9.90 Å². The van der Waals surface area contributed by atoms with Crippen LogP contribution in [0.2, 0.25) is 0 Å². The van der Waals surface area contributed by atoms with Gasteiger partial charge in [-0.2, -0.15) is 0 Å². The van der Waals surface area contributed by atoms with Crippen LogP contribution in [0.5, 0.6) is 5.75 Å². The van der Waals surface area contributed by atoms with Gasteiger partial charge in [0.25, 0.3) is 5.91 Å². The summed E-state index contributed by atoms with van der Waals surface area (Å²) in [5, 5.41) is 15.4. The largest absolute Gasteiger partial charge is 0.488 e. The Hall–Kier alpha value is -3.10. The van der Waals surface area contributed by atoms with Crippen LogP contribution >= 0.6 is 11.3 Å². The van der Waals surface area contributed by atoms with Gasteiger partial charge < -0.3 is 15.2 Å². The van der Waals surface area contributed by atoms with Crippen molar-refractivity contribution < 1.29 is 14.6 Å². The molecule has 154 valence electrons. The lowest BCUT2D eigenvalue weighted by Gasteiger charge is -2.18. The van der Waals surface area contributed by atoms with E-state index < -0.39 is 0 Å². The normalized spacial score (nSPS) is 18.7. The SMILES string of the molecule is C=Nc1c(C(=O)Nc2cc3cccnc3cc2O[C@@H]2CC[C@@H](O)C2)csc1/C=N\C. The Balaban J connectivity index is 1.68. The lowest BCUT2D eigenvalue weighted by Crippen LogP contribution is -2.17. The van der Waals surface area contributed by atoms with Gasteiger partial charge in [0, 0.05) is 42.7 Å². The summed E-state index contributed by atoms with van der Waals surface area (Å²) in [6, 6.07) is 7.45. The van der Waals surface area contributed by atoms with Crippen LogP contribution in [0.1, 0.15) is 34.5 Å². The summed E-state index contributed by atoms with van der Waals surface area (Å²) in [4.78, 5) is 26.2. The first-order chi connectivity index (χ1) is 14.6. The van der Waals surface area contributed by atoms with Gasteiger partial charge in [0.1, 0.15) is 11.9 Å². The molecule has 2 atom stereocenters. The second kappa shape index (κ2) is 8.73. The minimum atomic E-state index is -0.350. The van der Waals surface area contributed by atoms with Gasteiger partial charge in [-0.15, -0.1) is 11.3 Å². The number of nitrogens with zero attached hydrogens (tertiary/aromatic N) is 3. The zero-order valence-electron chi connectivity index (χ0n) is 16.5. The summed E-state index contributed by atoms with van der Waals surface area (Å²) < 4.78 is 6.15. The average Bonchev–Trinajstić information content (AvgIpc) is 3.34. The first-order valence-corrected chi connectivity index (χ1v) is 10.5. The van der Waals surface area contributed by atoms with Crippen LogP contribution in [-0.2, 0) is 0 Å². The van der Waals surface area contributed by atoms with Crippen molar-refractivity contribution in [3.05, 3.63) is 46.3 Å². The minimum absolute atomic E-state index is 0.101. The Labute approximate surface area is 178 Å². The highest BCUT2D eigenvalue weighted by Gasteiger charge is 2.26. The first kappa shape index (κ1) is 20.2. The van der Waals surface area contributed by atoms with E-state index in [4.69, 9.17) is 4.74 Å². The fourth-order valence-corrected chi connectivity index (χ4v) is 4.51. The number of anilines is 1. The predicted octanol–water partition coefficient (Wildman–Crippen LogP) is 4.22. The van der Waals surface area contributed by atoms with Gasteiger partial charge in [-0.25, -0.2) is 0 Å². The van der Waals surface area contributed by atoms with Crippen LogP contribution in [-0.4, -0.2) is 48.2 Å². The lowest BCUT2D eigenvalue weighted by atomic mass is 10.1. The van der Waals surface area contributed by atoms with Crippen LogP contribution in [0.15, 0.2) is 45.8 Å². The number of benzene rings is 1. The highest BCUT2D eigenvalue weighted by atomic mass is 32.1. The fraction of sp³-hybridized carbons (Fsp3) is 0.273. The molecule has 7 nitrogen and oxygen atoms in total. The molecule has 2 heterocycles. The topological polar surface area (TPSA) is 96.2 Å². The Morgan fingerprint density at radius 3 is 3.03 bits per heavy atom. The summed E-state index contributed by atoms with van der Waals surface area (Å²) >= 11 is 1.38. The molecule has 8 heteroatoms. The van der Waals surface area contributed by atoms with Crippen molar-refractivity contribution in [1.82, 2.24) is 4.98 Å². The third-order valence-electron chi connectivity index (χ3n) is 5.04. The highest BCUT2D eigenvalue weighted by molar-refractivity contribution is 7.12. The number of nitrogens with one attached hydrogen (secondary N) is 1. The van der Waals surface area contributed by atoms with E-state index in [1.807, 2.05) is 24.3 Å². The van der Waals surface area contributed by atoms with Crippen molar-refractivity contribution >= 4 is 52.5 Å². The molecule has 2 aromatic heterocycles. The maximum atomic E-state index is 13.0. The maximum absolute atomic E-state index is 13.0. The number of aliphatic hydroxyl groups is 1. The van der Waals surface area contributed by atoms with Gasteiger partial charge in [-0.05, 0) is 31.7 Å². The minimum Gasteiger partial charge on any atom is -0.488 e. The smallest absolute Gasteiger partial charge is 0.258 e. The van der Waals surface area contributed by atoms with Gasteiger partial charge in [0.15, 0.2) is 0 Å². The third-order valence-corrected chi connectivity index (χ3v) is 5.95. The Bertz CT molecular complexity index is 1120. The molecule has 1 aromatic carbocycles. The molecule has 0 spiro atoms. The van der Waals surface area contributed by atoms with E-state index >= 15 is 0 Å². The van der Waals surface area contributed by atoms with Crippen molar-refractivity contribution in [2.24, 2.45) is 9.98 Å². The summed E-state index contributed by atoms with van der Waals surface area (Å²) in [7, 11) is 1.67. The molecular weight excluding hydrogens is 400 g/mol. The number of fused-ring (bicyclic) bond motifs is 1. The summed E-state index contributed by atoms with van der Waals surface area (Å²) in [5.74, 6) is 0.233. The molecule has 1 aliphatic carbocycles. The van der Waals surface area contributed by atoms with E-state index in [1.54, 1.807) is 24.8 Å². The second-order valence-electron chi connectivity index (χ2n) is 7.11. The number of aliphatic hydroxyl groups excluding tert-OH is 1. The number of aromatic nitrogens is 1. The number of hydrogen-bond acceptors (Lipinski definition) is 7. The fourth-order valence-electron chi connectivity index (χ4n) is 3.59. The Morgan fingerprint density at radius 1 is 1.43 bits per heavy atom. The number of carbonyl (C=O) groups excluding carboxylic acids is 1. The highest BCUT2D eigenvalue weighted by Crippen LogP contribution is 2.35. The monoisotopic (exact) mass is 422 g/mol. The van der Waals surface area contributed by atoms with Crippen LogP contribution < -0.4 is 10.1 Å². The summed E-state index contributed by atoms with van der Waals surface area (Å²) in [6.45, 7) is 3.59. The third kappa shape index (κ3) is 4.10. The number of aliphatic imine (C=N–C) groups is 2. The Kier molecular flexibility index (Phi) is 5.87. The van der Waals surface area contributed by atoms with Crippen molar-refractivity contribution in [2.75, 3.05) is 12.4 Å². The van der Waals surface area contributed by atoms with Gasteiger partial charge in [-0.1, -0.05) is 6.07 Å². The molecule has 1 aliphatic rings. The standard InChI is InChI=1S/C22H22N4O3S/c1-23-11-20-21(24-2)16(12-30-20)22(28)26-18-8-13-4-3-7-25-17(13)10-19(18)29-15-6-5-14(27)9-15/h3-4,7-8,10-12,14-15,27H,2,5-6,9H2,1H3,(H,26,28)/b23-11-/t14-,15-/m1/s1. The van der Waals surface area contributed by atoms with E-state index in [-0.39, 0.29) is 18.1 Å². The molecule has 30 heavy (non-hydrogen) atoms. The van der Waals surface area contributed by atoms with Gasteiger partial charge in [0.2, 0.25) is 0 Å². The van der Waals surface area contributed by atoms with Crippen LogP contribution in [0.3, 0.4) is 0 Å². The molecule has 0 radical (unpaired) electrons. The second-order valence-corrected chi connectivity index (χ2v) is 8.02. The number of thiophene rings is 1. The molecule has 3 aromatic rings.